The number of rotatable bonds is 21. The van der Waals surface area contributed by atoms with E-state index in [0.29, 0.717) is 13.2 Å². The summed E-state index contributed by atoms with van der Waals surface area (Å²) in [7, 11) is -4.08. The van der Waals surface area contributed by atoms with Gasteiger partial charge in [0, 0.05) is 0 Å². The van der Waals surface area contributed by atoms with Gasteiger partial charge in [-0.15, -0.1) is 0 Å². The Morgan fingerprint density at radius 2 is 1.62 bits per heavy atom. The van der Waals surface area contributed by atoms with Gasteiger partial charge in [-0.3, -0.25) is 9.05 Å². The van der Waals surface area contributed by atoms with E-state index in [-0.39, 0.29) is 31.1 Å². The van der Waals surface area contributed by atoms with E-state index in [4.69, 9.17) is 18.5 Å². The molecule has 0 amide bonds. The third-order valence-corrected chi connectivity index (χ3v) is 7.57. The molecule has 3 atom stereocenters. The molecule has 1 aliphatic rings. The number of aromatic nitrogens is 1. The Morgan fingerprint density at radius 3 is 2.21 bits per heavy atom. The van der Waals surface area contributed by atoms with E-state index in [1.807, 2.05) is 21.7 Å². The van der Waals surface area contributed by atoms with Gasteiger partial charge in [0.05, 0.1) is 18.6 Å². The molecule has 200 valence electrons. The Morgan fingerprint density at radius 1 is 1.00 bits per heavy atom. The van der Waals surface area contributed by atoms with Crippen molar-refractivity contribution in [3.8, 4) is 0 Å². The summed E-state index contributed by atoms with van der Waals surface area (Å²) in [4.78, 5) is 9.81. The van der Waals surface area contributed by atoms with Crippen LogP contribution in [-0.2, 0) is 29.6 Å². The average molecular weight is 524 g/mol. The van der Waals surface area contributed by atoms with Crippen LogP contribution in [0.25, 0.3) is 0 Å². The van der Waals surface area contributed by atoms with Crippen LogP contribution >= 0.6 is 19.2 Å². The fraction of sp³-hybridized carbons (Fsp3) is 0.875. The maximum absolute atomic E-state index is 12.0. The van der Waals surface area contributed by atoms with Gasteiger partial charge in [0.15, 0.2) is 19.0 Å². The number of phosphoric ester groups is 1. The first-order chi connectivity index (χ1) is 16.1. The van der Waals surface area contributed by atoms with Crippen molar-refractivity contribution in [2.45, 2.75) is 116 Å². The van der Waals surface area contributed by atoms with Crippen LogP contribution in [0.3, 0.4) is 0 Å². The molecule has 34 heavy (non-hydrogen) atoms. The zero-order valence-electron chi connectivity index (χ0n) is 20.9. The minimum Gasteiger partial charge on any atom is -0.870 e. The highest BCUT2D eigenvalue weighted by Gasteiger charge is 2.30. The highest BCUT2D eigenvalue weighted by molar-refractivity contribution is 7.47. The molecule has 8 nitrogen and oxygen atoms in total. The molecule has 0 spiro atoms. The van der Waals surface area contributed by atoms with Gasteiger partial charge < -0.3 is 19.8 Å². The second kappa shape index (κ2) is 19.8. The molecule has 1 aromatic rings. The Hall–Kier alpha value is -0.380. The minimum absolute atomic E-state index is 0. The molecule has 10 heteroatoms. The third kappa shape index (κ3) is 15.6. The summed E-state index contributed by atoms with van der Waals surface area (Å²) in [6.45, 7) is 3.26. The normalized spacial score (nSPS) is 19.7. The first kappa shape index (κ1) is 31.6. The van der Waals surface area contributed by atoms with Crippen molar-refractivity contribution in [2.24, 2.45) is 0 Å². The van der Waals surface area contributed by atoms with Crippen LogP contribution in [0.1, 0.15) is 96.8 Å². The van der Waals surface area contributed by atoms with Gasteiger partial charge in [-0.2, -0.15) is 4.57 Å². The molecule has 0 radical (unpaired) electrons. The Kier molecular flexibility index (Phi) is 18.4. The fourth-order valence-electron chi connectivity index (χ4n) is 3.94. The van der Waals surface area contributed by atoms with E-state index < -0.39 is 7.82 Å². The summed E-state index contributed by atoms with van der Waals surface area (Å²) in [6, 6.07) is 0. The molecule has 0 aromatic carbocycles. The van der Waals surface area contributed by atoms with Crippen LogP contribution in [-0.4, -0.2) is 42.6 Å². The number of hydrogen-bond acceptors (Lipinski definition) is 7. The second-order valence-electron chi connectivity index (χ2n) is 8.91. The van der Waals surface area contributed by atoms with Crippen molar-refractivity contribution in [1.82, 2.24) is 0 Å². The number of hydrogen-bond donors (Lipinski definition) is 1. The largest absolute Gasteiger partial charge is 0.870 e. The quantitative estimate of drug-likeness (QED) is 0.116. The summed E-state index contributed by atoms with van der Waals surface area (Å²) in [5.74, 6) is 0. The lowest BCUT2D eigenvalue weighted by Gasteiger charge is -2.14. The molecule has 0 aliphatic carbocycles. The molecule has 0 bridgehead atoms. The molecule has 0 saturated carbocycles. The number of thiazole rings is 1. The van der Waals surface area contributed by atoms with Crippen LogP contribution in [0.5, 0.6) is 0 Å². The molecule has 2 N–H and O–H groups in total. The second-order valence-corrected chi connectivity index (χ2v) is 11.1. The third-order valence-electron chi connectivity index (χ3n) is 5.91. The molecule has 1 fully saturated rings. The van der Waals surface area contributed by atoms with E-state index in [1.165, 1.54) is 77.0 Å². The molecule has 1 aromatic heterocycles. The monoisotopic (exact) mass is 523 g/mol. The molecular formula is C24H46NO7PS. The highest BCUT2D eigenvalue weighted by atomic mass is 32.1. The van der Waals surface area contributed by atoms with Gasteiger partial charge in [0.1, 0.15) is 12.7 Å². The van der Waals surface area contributed by atoms with Gasteiger partial charge in [-0.25, -0.2) is 4.57 Å². The predicted molar refractivity (Wildman–Crippen MR) is 133 cm³/mol. The zero-order chi connectivity index (χ0) is 23.6. The predicted octanol–water partition coefficient (Wildman–Crippen LogP) is 6.22. The van der Waals surface area contributed by atoms with Gasteiger partial charge >= 0.3 is 7.82 Å². The summed E-state index contributed by atoms with van der Waals surface area (Å²) in [5.41, 5.74) is 1.91. The van der Waals surface area contributed by atoms with E-state index in [9.17, 15) is 9.46 Å². The fourth-order valence-corrected chi connectivity index (χ4v) is 5.31. The van der Waals surface area contributed by atoms with Crippen molar-refractivity contribution in [3.05, 3.63) is 17.1 Å². The smallest absolute Gasteiger partial charge is 0.472 e. The van der Waals surface area contributed by atoms with Crippen LogP contribution in [0.2, 0.25) is 0 Å². The zero-order valence-corrected chi connectivity index (χ0v) is 22.6. The number of nitrogens with zero attached hydrogens (tertiary/aromatic N) is 1. The van der Waals surface area contributed by atoms with Crippen LogP contribution < -0.4 is 4.57 Å². The van der Waals surface area contributed by atoms with Crippen molar-refractivity contribution < 1.29 is 38.0 Å². The van der Waals surface area contributed by atoms with Gasteiger partial charge in [-0.05, 0) is 12.8 Å². The van der Waals surface area contributed by atoms with E-state index >= 15 is 0 Å². The molecule has 2 heterocycles. The minimum atomic E-state index is -4.08. The topological polar surface area (TPSA) is 108 Å². The van der Waals surface area contributed by atoms with Gasteiger partial charge in [0.25, 0.3) is 0 Å². The first-order valence-corrected chi connectivity index (χ1v) is 15.3. The summed E-state index contributed by atoms with van der Waals surface area (Å²) in [5, 5.41) is 1.93. The Bertz CT molecular complexity index is 635. The van der Waals surface area contributed by atoms with Crippen molar-refractivity contribution in [2.75, 3.05) is 19.8 Å². The number of ether oxygens (including phenoxy) is 2. The van der Waals surface area contributed by atoms with Crippen molar-refractivity contribution >= 4 is 19.2 Å². The molecule has 3 unspecified atom stereocenters. The first-order valence-electron chi connectivity index (χ1n) is 12.9. The van der Waals surface area contributed by atoms with Gasteiger partial charge in [-0.1, -0.05) is 95.3 Å². The van der Waals surface area contributed by atoms with E-state index in [2.05, 4.69) is 6.92 Å². The lowest BCUT2D eigenvalue weighted by atomic mass is 10.0. The standard InChI is InChI=1S/C24H44NO6PS.H2O/c1-2-3-4-5-6-7-8-9-10-11-12-13-14-15-24-28-20-23(31-24)21-30-32(26,27)29-18-16-25-17-19-33-22-25;/h17,19,22-24H,2-16,18,20-21H2,1H3;1H2. The van der Waals surface area contributed by atoms with Gasteiger partial charge in [0.2, 0.25) is 5.51 Å². The number of unbranched alkanes of at least 4 members (excludes halogenated alkanes) is 12. The van der Waals surface area contributed by atoms with E-state index in [0.717, 1.165) is 12.8 Å². The maximum Gasteiger partial charge on any atom is 0.472 e. The summed E-state index contributed by atoms with van der Waals surface area (Å²) >= 11 is 1.55. The Balaban J connectivity index is 0.00000578. The van der Waals surface area contributed by atoms with Crippen LogP contribution in [0, 0.1) is 0 Å². The van der Waals surface area contributed by atoms with E-state index in [1.54, 1.807) is 11.3 Å². The Labute approximate surface area is 209 Å². The molecular weight excluding hydrogens is 477 g/mol. The lowest BCUT2D eigenvalue weighted by molar-refractivity contribution is -0.693. The average Bonchev–Trinajstić information content (AvgIpc) is 3.48. The lowest BCUT2D eigenvalue weighted by Crippen LogP contribution is -2.32. The van der Waals surface area contributed by atoms with Crippen LogP contribution in [0.15, 0.2) is 17.1 Å². The molecule has 1 aliphatic heterocycles. The molecule has 2 rings (SSSR count). The summed E-state index contributed by atoms with van der Waals surface area (Å²) < 4.78 is 35.4. The molecule has 1 saturated heterocycles. The number of phosphoric acid groups is 1. The van der Waals surface area contributed by atoms with Crippen LogP contribution in [0.4, 0.5) is 0 Å². The highest BCUT2D eigenvalue weighted by Crippen LogP contribution is 2.43. The van der Waals surface area contributed by atoms with Crippen molar-refractivity contribution in [1.29, 1.82) is 0 Å². The SMILES string of the molecule is CCCCCCCCCCCCCCCC1OCC(COP(=O)(O)OCC[n+]2ccsc2)O1.[OH-]. The van der Waals surface area contributed by atoms with Crippen molar-refractivity contribution in [3.63, 3.8) is 0 Å². The summed E-state index contributed by atoms with van der Waals surface area (Å²) in [6.07, 6.45) is 19.5. The maximum atomic E-state index is 12.0.